The molecule has 5 heteroatoms. The van der Waals surface area contributed by atoms with Crippen molar-refractivity contribution >= 4 is 23.5 Å². The van der Waals surface area contributed by atoms with Crippen molar-refractivity contribution in [3.63, 3.8) is 0 Å². The average Bonchev–Trinajstić information content (AvgIpc) is 2.50. The zero-order chi connectivity index (χ0) is 16.7. The van der Waals surface area contributed by atoms with Gasteiger partial charge in [0, 0.05) is 17.4 Å². The molecule has 126 valence electrons. The molecule has 2 rings (SSSR count). The summed E-state index contributed by atoms with van der Waals surface area (Å²) in [6, 6.07) is 6.94. The van der Waals surface area contributed by atoms with Crippen LogP contribution in [0.2, 0.25) is 5.02 Å². The minimum atomic E-state index is -0.493. The second-order valence-electron chi connectivity index (χ2n) is 5.92. The Morgan fingerprint density at radius 2 is 2.13 bits per heavy atom. The highest BCUT2D eigenvalue weighted by atomic mass is 35.5. The molecule has 2 atom stereocenters. The lowest BCUT2D eigenvalue weighted by molar-refractivity contribution is -0.124. The van der Waals surface area contributed by atoms with Crippen molar-refractivity contribution in [1.82, 2.24) is 5.32 Å². The van der Waals surface area contributed by atoms with E-state index in [9.17, 15) is 9.59 Å². The molecule has 23 heavy (non-hydrogen) atoms. The van der Waals surface area contributed by atoms with Crippen molar-refractivity contribution < 1.29 is 14.3 Å². The van der Waals surface area contributed by atoms with E-state index < -0.39 is 12.1 Å². The maximum atomic E-state index is 12.6. The van der Waals surface area contributed by atoms with Gasteiger partial charge in [0.1, 0.15) is 5.78 Å². The second kappa shape index (κ2) is 8.92. The van der Waals surface area contributed by atoms with Crippen LogP contribution in [0.3, 0.4) is 0 Å². The highest BCUT2D eigenvalue weighted by Gasteiger charge is 2.31. The summed E-state index contributed by atoms with van der Waals surface area (Å²) in [6.45, 7) is 2.06. The molecule has 1 aromatic rings. The van der Waals surface area contributed by atoms with Crippen LogP contribution in [0.5, 0.6) is 0 Å². The molecular weight excluding hydrogens is 314 g/mol. The number of benzene rings is 1. The van der Waals surface area contributed by atoms with Crippen LogP contribution >= 0.6 is 11.6 Å². The lowest BCUT2D eigenvalue weighted by Gasteiger charge is -2.28. The molecule has 1 fully saturated rings. The third kappa shape index (κ3) is 5.24. The molecule has 1 saturated carbocycles. The molecule has 0 aromatic heterocycles. The minimum absolute atomic E-state index is 0.214. The summed E-state index contributed by atoms with van der Waals surface area (Å²) in [7, 11) is 0. The molecule has 1 aliphatic carbocycles. The number of ether oxygens (including phenoxy) is 1. The summed E-state index contributed by atoms with van der Waals surface area (Å²) in [4.78, 5) is 24.5. The fraction of sp³-hybridized carbons (Fsp3) is 0.556. The number of rotatable bonds is 4. The highest BCUT2D eigenvalue weighted by Crippen LogP contribution is 2.32. The van der Waals surface area contributed by atoms with Crippen LogP contribution in [0.4, 0.5) is 4.79 Å². The number of ketones is 1. The number of halogens is 1. The zero-order valence-corrected chi connectivity index (χ0v) is 14.3. The molecule has 0 spiro atoms. The number of carbonyl (C=O) groups excluding carboxylic acids is 2. The van der Waals surface area contributed by atoms with Gasteiger partial charge in [0.25, 0.3) is 0 Å². The van der Waals surface area contributed by atoms with Crippen molar-refractivity contribution in [2.24, 2.45) is 5.92 Å². The number of carbonyl (C=O) groups is 2. The molecule has 0 saturated heterocycles. The summed E-state index contributed by atoms with van der Waals surface area (Å²) in [5, 5.41) is 3.46. The van der Waals surface area contributed by atoms with Gasteiger partial charge in [-0.05, 0) is 37.5 Å². The smallest absolute Gasteiger partial charge is 0.407 e. The molecule has 4 nitrogen and oxygen atoms in total. The lowest BCUT2D eigenvalue weighted by Crippen LogP contribution is -2.37. The Balaban J connectivity index is 2.26. The lowest BCUT2D eigenvalue weighted by atomic mass is 9.82. The number of hydrogen-bond donors (Lipinski definition) is 1. The SMILES string of the molecule is CCOC(=O)N[C@@H](c1cccc(Cl)c1)[C@H]1CCCCCCC1=O. The topological polar surface area (TPSA) is 55.4 Å². The van der Waals surface area contributed by atoms with Crippen LogP contribution in [-0.2, 0) is 9.53 Å². The first-order chi connectivity index (χ1) is 11.1. The standard InChI is InChI=1S/C18H24ClNO3/c1-2-23-18(22)20-17(13-8-7-9-14(19)12-13)15-10-5-3-4-6-11-16(15)21/h7-9,12,15,17H,2-6,10-11H2,1H3,(H,20,22)/t15-,17-/m0/s1. The maximum absolute atomic E-state index is 12.6. The monoisotopic (exact) mass is 337 g/mol. The predicted octanol–water partition coefficient (Wildman–Crippen LogP) is 4.67. The Labute approximate surface area is 142 Å². The average molecular weight is 338 g/mol. The Kier molecular flexibility index (Phi) is 6.90. The van der Waals surface area contributed by atoms with Crippen molar-refractivity contribution in [1.29, 1.82) is 0 Å². The van der Waals surface area contributed by atoms with Gasteiger partial charge in [0.15, 0.2) is 0 Å². The highest BCUT2D eigenvalue weighted by molar-refractivity contribution is 6.30. The summed E-state index contributed by atoms with van der Waals surface area (Å²) in [6.07, 6.45) is 5.02. The van der Waals surface area contributed by atoms with E-state index in [2.05, 4.69) is 5.32 Å². The third-order valence-corrected chi connectivity index (χ3v) is 4.50. The first-order valence-corrected chi connectivity index (χ1v) is 8.71. The van der Waals surface area contributed by atoms with Crippen molar-refractivity contribution in [2.75, 3.05) is 6.61 Å². The van der Waals surface area contributed by atoms with Gasteiger partial charge in [-0.15, -0.1) is 0 Å². The molecule has 0 radical (unpaired) electrons. The molecule has 1 amide bonds. The molecule has 0 unspecified atom stereocenters. The van der Waals surface area contributed by atoms with Crippen molar-refractivity contribution in [2.45, 2.75) is 51.5 Å². The summed E-state index contributed by atoms with van der Waals surface area (Å²) in [5.41, 5.74) is 0.851. The van der Waals surface area contributed by atoms with E-state index in [4.69, 9.17) is 16.3 Å². The summed E-state index contributed by atoms with van der Waals surface area (Å²) < 4.78 is 5.01. The first kappa shape index (κ1) is 17.8. The van der Waals surface area contributed by atoms with Crippen molar-refractivity contribution in [3.05, 3.63) is 34.9 Å². The summed E-state index contributed by atoms with van der Waals surface area (Å²) in [5.74, 6) is -0.00959. The van der Waals surface area contributed by atoms with E-state index in [1.54, 1.807) is 13.0 Å². The molecule has 1 aliphatic rings. The first-order valence-electron chi connectivity index (χ1n) is 8.33. The normalized spacial score (nSPS) is 20.3. The number of hydrogen-bond acceptors (Lipinski definition) is 3. The van der Waals surface area contributed by atoms with E-state index in [0.717, 1.165) is 37.7 Å². The van der Waals surface area contributed by atoms with Crippen molar-refractivity contribution in [3.8, 4) is 0 Å². The van der Waals surface area contributed by atoms with E-state index in [-0.39, 0.29) is 11.7 Å². The Bertz CT molecular complexity index is 547. The second-order valence-corrected chi connectivity index (χ2v) is 6.36. The van der Waals surface area contributed by atoms with Gasteiger partial charge >= 0.3 is 6.09 Å². The van der Waals surface area contributed by atoms with Crippen LogP contribution in [0.25, 0.3) is 0 Å². The van der Waals surface area contributed by atoms with Crippen LogP contribution in [0.15, 0.2) is 24.3 Å². The molecule has 0 aliphatic heterocycles. The predicted molar refractivity (Wildman–Crippen MR) is 90.5 cm³/mol. The van der Waals surface area contributed by atoms with E-state index in [1.165, 1.54) is 0 Å². The van der Waals surface area contributed by atoms with Crippen LogP contribution < -0.4 is 5.32 Å². The Morgan fingerprint density at radius 1 is 1.35 bits per heavy atom. The largest absolute Gasteiger partial charge is 0.450 e. The molecule has 1 N–H and O–H groups in total. The Hall–Kier alpha value is -1.55. The minimum Gasteiger partial charge on any atom is -0.450 e. The maximum Gasteiger partial charge on any atom is 0.407 e. The van der Waals surface area contributed by atoms with E-state index >= 15 is 0 Å². The van der Waals surface area contributed by atoms with Gasteiger partial charge in [0.05, 0.1) is 12.6 Å². The van der Waals surface area contributed by atoms with Crippen LogP contribution in [0.1, 0.15) is 57.1 Å². The van der Waals surface area contributed by atoms with Gasteiger partial charge < -0.3 is 10.1 Å². The third-order valence-electron chi connectivity index (χ3n) is 4.26. The fourth-order valence-electron chi connectivity index (χ4n) is 3.13. The van der Waals surface area contributed by atoms with Gasteiger partial charge in [-0.3, -0.25) is 4.79 Å². The fourth-order valence-corrected chi connectivity index (χ4v) is 3.33. The van der Waals surface area contributed by atoms with E-state index in [1.807, 2.05) is 18.2 Å². The van der Waals surface area contributed by atoms with Gasteiger partial charge in [-0.25, -0.2) is 4.79 Å². The molecular formula is C18H24ClNO3. The number of Topliss-reactive ketones (excluding diaryl/α,β-unsaturated/α-hetero) is 1. The molecule has 0 heterocycles. The number of alkyl carbamates (subject to hydrolysis) is 1. The quantitative estimate of drug-likeness (QED) is 0.868. The van der Waals surface area contributed by atoms with Crippen LogP contribution in [0, 0.1) is 5.92 Å². The van der Waals surface area contributed by atoms with Gasteiger partial charge in [0.2, 0.25) is 0 Å². The summed E-state index contributed by atoms with van der Waals surface area (Å²) >= 11 is 6.09. The molecule has 1 aromatic carbocycles. The number of amides is 1. The van der Waals surface area contributed by atoms with Gasteiger partial charge in [-0.2, -0.15) is 0 Å². The molecule has 0 bridgehead atoms. The number of nitrogens with one attached hydrogen (secondary N) is 1. The van der Waals surface area contributed by atoms with Gasteiger partial charge in [-0.1, -0.05) is 43.0 Å². The van der Waals surface area contributed by atoms with E-state index in [0.29, 0.717) is 18.1 Å². The zero-order valence-electron chi connectivity index (χ0n) is 13.5. The van der Waals surface area contributed by atoms with Crippen LogP contribution in [-0.4, -0.2) is 18.5 Å². The Morgan fingerprint density at radius 3 is 2.87 bits per heavy atom.